The number of alkyl halides is 2. The monoisotopic (exact) mass is 1510 g/mol. The average molecular weight is 1520 g/mol. The van der Waals surface area contributed by atoms with E-state index in [1.165, 1.54) is 5.69 Å². The molecule has 1 fully saturated rings. The lowest BCUT2D eigenvalue weighted by atomic mass is 9.79. The quantitative estimate of drug-likeness (QED) is 0.00824. The second kappa shape index (κ2) is 52.2. The molecule has 1 saturated heterocycles. The number of aliphatic carboxylic acids is 1. The van der Waals surface area contributed by atoms with Gasteiger partial charge in [0.1, 0.15) is 24.7 Å². The highest BCUT2D eigenvalue weighted by Gasteiger charge is 2.34. The number of halogens is 2. The standard InChI is InChI=1S/C19H36N4O6.C16H32N2O4.C16H30O5.C10H22O.C7H10N2.C4H4O3.CH2Cl2.CH4/c1-18(2,3)11-12(9-13(24)19(4,5)6)29-17(28)8-7-14(25)22-23-16(27)10-15(26)21-20;1-15(2,3)10-11(9-12(19)16(4,5)6)22-14(21)8-7-13(20)18-17;1-15(2,3)10-11(9-12(17)16(4,5)6)21-14(20)8-7-13(18)19;1-9(2,3)7-8(11)10(4,5)6;1-9(2)7-3-5-8-6-4-7;5-3-1-2-4(6)7-3;2-1-3;/h12-13,24H,7-11,20H2,1-6H3,(H,21,26)(H,22,25)(H,23,27);11-12,19H,7-10,17H2,1-6H3,(H,18,20);11-12,17H,7-10H2,1-6H3,(H,18,19);8,11H,7H2,1-6H3;3-6H,1-2H3;1-2H2;1H2;1H4. The summed E-state index contributed by atoms with van der Waals surface area (Å²) >= 11 is 9.53. The van der Waals surface area contributed by atoms with E-state index in [0.29, 0.717) is 38.5 Å². The number of aromatic nitrogens is 1. The number of aliphatic hydroxyl groups excluding tert-OH is 4. The Balaban J connectivity index is -0.000000286. The predicted molar refractivity (Wildman–Crippen MR) is 405 cm³/mol. The van der Waals surface area contributed by atoms with Crippen LogP contribution < -0.4 is 38.3 Å². The molecule has 0 aliphatic carbocycles. The molecule has 604 valence electrons. The molecule has 1 aliphatic rings. The summed E-state index contributed by atoms with van der Waals surface area (Å²) in [7, 11) is 4.02. The molecular weight excluding hydrogens is 1380 g/mol. The minimum atomic E-state index is -1.02. The van der Waals surface area contributed by atoms with E-state index >= 15 is 0 Å². The Morgan fingerprint density at radius 2 is 0.757 bits per heavy atom. The predicted octanol–water partition coefficient (Wildman–Crippen LogP) is 11.2. The molecule has 2 heterocycles. The zero-order chi connectivity index (χ0) is 81.2. The number of ether oxygens (including phenoxy) is 4. The van der Waals surface area contributed by atoms with Gasteiger partial charge in [0.05, 0.1) is 68.3 Å². The van der Waals surface area contributed by atoms with Gasteiger partial charge in [-0.2, -0.15) is 0 Å². The van der Waals surface area contributed by atoms with E-state index in [0.717, 1.165) is 6.42 Å². The van der Waals surface area contributed by atoms with Gasteiger partial charge in [0.25, 0.3) is 0 Å². The Kier molecular flexibility index (Phi) is 54.8. The van der Waals surface area contributed by atoms with Gasteiger partial charge in [-0.05, 0) is 81.1 Å². The Morgan fingerprint density at radius 1 is 0.476 bits per heavy atom. The highest BCUT2D eigenvalue weighted by Crippen LogP contribution is 2.34. The number of carboxylic acid groups (broad SMARTS) is 1. The second-order valence-corrected chi connectivity index (χ2v) is 35.3. The summed E-state index contributed by atoms with van der Waals surface area (Å²) in [5.74, 6) is 4.02. The van der Waals surface area contributed by atoms with Crippen molar-refractivity contribution in [3.05, 3.63) is 24.5 Å². The van der Waals surface area contributed by atoms with Crippen LogP contribution in [0.3, 0.4) is 0 Å². The van der Waals surface area contributed by atoms with Gasteiger partial charge in [0, 0.05) is 64.3 Å². The number of esters is 5. The van der Waals surface area contributed by atoms with Gasteiger partial charge in [-0.3, -0.25) is 74.6 Å². The normalized spacial score (nSPS) is 14.3. The molecule has 1 aromatic heterocycles. The molecule has 103 heavy (non-hydrogen) atoms. The average Bonchev–Trinajstić information content (AvgIpc) is 1.17. The molecule has 1 aromatic rings. The molecule has 0 radical (unpaired) electrons. The number of carboxylic acids is 1. The molecule has 4 amide bonds. The van der Waals surface area contributed by atoms with E-state index in [2.05, 4.69) is 77.5 Å². The number of carbonyl (C=O) groups excluding carboxylic acids is 9. The van der Waals surface area contributed by atoms with Crippen molar-refractivity contribution in [3.63, 3.8) is 0 Å². The van der Waals surface area contributed by atoms with E-state index in [-0.39, 0.29) is 120 Å². The van der Waals surface area contributed by atoms with Crippen molar-refractivity contribution in [2.75, 3.05) is 24.3 Å². The molecule has 13 N–H and O–H groups in total. The number of hydrogen-bond donors (Lipinski definition) is 11. The summed E-state index contributed by atoms with van der Waals surface area (Å²) in [6.07, 6.45) is 3.30. The fourth-order valence-corrected chi connectivity index (χ4v) is 8.23. The third kappa shape index (κ3) is 69.0. The summed E-state index contributed by atoms with van der Waals surface area (Å²) < 4.78 is 20.4. The fraction of sp³-hybridized carbons (Fsp3) is 0.797. The highest BCUT2D eigenvalue weighted by molar-refractivity contribution is 6.40. The molecule has 7 unspecified atom stereocenters. The number of hydrogen-bond acceptors (Lipinski definition) is 22. The van der Waals surface area contributed by atoms with Gasteiger partial charge in [-0.15, -0.1) is 23.2 Å². The van der Waals surface area contributed by atoms with Gasteiger partial charge < -0.3 is 49.4 Å². The zero-order valence-corrected chi connectivity index (χ0v) is 68.1. The van der Waals surface area contributed by atoms with Gasteiger partial charge in [-0.25, -0.2) is 11.7 Å². The Labute approximate surface area is 627 Å². The molecule has 0 aromatic carbocycles. The summed E-state index contributed by atoms with van der Waals surface area (Å²) in [5.41, 5.74) is 8.25. The zero-order valence-electron chi connectivity index (χ0n) is 66.6. The largest absolute Gasteiger partial charge is 0.481 e. The Bertz CT molecular complexity index is 2580. The summed E-state index contributed by atoms with van der Waals surface area (Å²) in [4.78, 5) is 117. The van der Waals surface area contributed by atoms with Gasteiger partial charge in [-0.1, -0.05) is 174 Å². The van der Waals surface area contributed by atoms with Crippen molar-refractivity contribution >= 4 is 88.3 Å². The molecule has 0 spiro atoms. The van der Waals surface area contributed by atoms with E-state index in [1.807, 2.05) is 146 Å². The van der Waals surface area contributed by atoms with Gasteiger partial charge in [0.2, 0.25) is 23.6 Å². The van der Waals surface area contributed by atoms with E-state index in [9.17, 15) is 68.4 Å². The fourth-order valence-electron chi connectivity index (χ4n) is 8.23. The smallest absolute Gasteiger partial charge is 0.314 e. The van der Waals surface area contributed by atoms with Crippen LogP contribution in [-0.4, -0.2) is 152 Å². The van der Waals surface area contributed by atoms with Gasteiger partial charge >= 0.3 is 35.8 Å². The first-order valence-electron chi connectivity index (χ1n) is 34.5. The lowest BCUT2D eigenvalue weighted by molar-refractivity contribution is -0.155. The van der Waals surface area contributed by atoms with Crippen LogP contribution in [0.5, 0.6) is 0 Å². The lowest BCUT2D eigenvalue weighted by Gasteiger charge is -2.32. The maximum absolute atomic E-state index is 12.2. The van der Waals surface area contributed by atoms with Crippen molar-refractivity contribution in [2.24, 2.45) is 55.0 Å². The number of nitrogens with one attached hydrogen (secondary N) is 4. The van der Waals surface area contributed by atoms with Crippen LogP contribution >= 0.6 is 23.2 Å². The van der Waals surface area contributed by atoms with E-state index in [4.69, 9.17) is 54.2 Å². The molecule has 27 nitrogen and oxygen atoms in total. The van der Waals surface area contributed by atoms with Crippen molar-refractivity contribution < 1.29 is 92.4 Å². The molecule has 29 heteroatoms. The van der Waals surface area contributed by atoms with Crippen LogP contribution in [0.4, 0.5) is 5.69 Å². The lowest BCUT2D eigenvalue weighted by Crippen LogP contribution is -2.44. The Morgan fingerprint density at radius 3 is 0.981 bits per heavy atom. The number of aliphatic hydroxyl groups is 4. The number of amides is 4. The number of nitrogens with two attached hydrogens (primary N) is 2. The number of rotatable bonds is 25. The highest BCUT2D eigenvalue weighted by atomic mass is 35.5. The third-order valence-electron chi connectivity index (χ3n) is 14.3. The molecular formula is C74H140Cl2N8O19. The second-order valence-electron chi connectivity index (χ2n) is 34.5. The first kappa shape index (κ1) is 108. The summed E-state index contributed by atoms with van der Waals surface area (Å²) in [5, 5.41) is 49.3. The van der Waals surface area contributed by atoms with E-state index in [1.54, 1.807) is 17.8 Å². The summed E-state index contributed by atoms with van der Waals surface area (Å²) in [6, 6.07) is 3.94. The van der Waals surface area contributed by atoms with Crippen molar-refractivity contribution in [2.45, 2.75) is 319 Å². The molecule has 1 aliphatic heterocycles. The maximum Gasteiger partial charge on any atom is 0.314 e. The number of carbonyl (C=O) groups is 10. The maximum atomic E-state index is 12.2. The molecule has 7 atom stereocenters. The van der Waals surface area contributed by atoms with Crippen molar-refractivity contribution in [1.82, 2.24) is 26.7 Å². The SMILES string of the molecule is C.CC(C)(C)CC(CC(O)C(C)(C)C)OC(=O)CCC(=O)NN.CC(C)(C)CC(CC(O)C(C)(C)C)OC(=O)CCC(=O)NNC(=O)CC(=O)NN.CC(C)(C)CC(CC(O)C(C)(C)C)OC(=O)CCC(=O)O.CC(C)(C)CC(O)C(C)(C)C.CN(C)c1ccncc1.ClCCl.O=C1CCC(=O)O1. The number of anilines is 1. The van der Waals surface area contributed by atoms with Crippen LogP contribution in [0, 0.1) is 43.3 Å². The van der Waals surface area contributed by atoms with Crippen LogP contribution in [0.25, 0.3) is 0 Å². The number of pyridine rings is 1. The number of hydrazine groups is 3. The van der Waals surface area contributed by atoms with Crippen molar-refractivity contribution in [1.29, 1.82) is 0 Å². The molecule has 2 rings (SSSR count). The molecule has 0 bridgehead atoms. The van der Waals surface area contributed by atoms with Gasteiger partial charge in [0.15, 0.2) is 0 Å². The van der Waals surface area contributed by atoms with Crippen LogP contribution in [0.1, 0.15) is 276 Å². The topological polar surface area (TPSA) is 425 Å². The minimum Gasteiger partial charge on any atom is -0.481 e. The van der Waals surface area contributed by atoms with Crippen molar-refractivity contribution in [3.8, 4) is 0 Å². The Hall–Kier alpha value is -5.81. The number of cyclic esters (lactones) is 2. The number of nitrogens with zero attached hydrogens (tertiary/aromatic N) is 2. The van der Waals surface area contributed by atoms with Crippen LogP contribution in [0.15, 0.2) is 24.5 Å². The molecule has 0 saturated carbocycles. The van der Waals surface area contributed by atoms with Crippen LogP contribution in [0.2, 0.25) is 0 Å². The first-order valence-corrected chi connectivity index (χ1v) is 35.5. The van der Waals surface area contributed by atoms with E-state index < -0.39 is 96.4 Å². The minimum absolute atomic E-state index is 0. The first-order chi connectivity index (χ1) is 45.9. The third-order valence-corrected chi connectivity index (χ3v) is 14.3. The van der Waals surface area contributed by atoms with Crippen LogP contribution in [-0.2, 0) is 66.9 Å². The summed E-state index contributed by atoms with van der Waals surface area (Å²) in [6.45, 7) is 48.3.